The molecule has 0 aliphatic heterocycles. The summed E-state index contributed by atoms with van der Waals surface area (Å²) in [6, 6.07) is 0.265. The number of carboxylic acid groups (broad SMARTS) is 1. The zero-order valence-electron chi connectivity index (χ0n) is 13.5. The molecule has 0 radical (unpaired) electrons. The summed E-state index contributed by atoms with van der Waals surface area (Å²) in [6.45, 7) is 7.34. The van der Waals surface area contributed by atoms with Crippen LogP contribution in [0.15, 0.2) is 5.16 Å². The lowest BCUT2D eigenvalue weighted by Crippen LogP contribution is -2.27. The maximum absolute atomic E-state index is 10.8. The van der Waals surface area contributed by atoms with Crippen LogP contribution in [-0.4, -0.2) is 57.1 Å². The second-order valence-corrected chi connectivity index (χ2v) is 6.79. The fourth-order valence-electron chi connectivity index (χ4n) is 2.37. The Morgan fingerprint density at radius 1 is 1.38 bits per heavy atom. The zero-order valence-corrected chi connectivity index (χ0v) is 14.4. The van der Waals surface area contributed by atoms with Crippen molar-refractivity contribution in [3.05, 3.63) is 5.82 Å². The summed E-state index contributed by atoms with van der Waals surface area (Å²) in [6.07, 6.45) is 1.81. The number of aromatic nitrogens is 3. The number of carbonyl (C=O) groups is 1. The molecule has 1 unspecified atom stereocenters. The van der Waals surface area contributed by atoms with Crippen LogP contribution >= 0.6 is 11.8 Å². The van der Waals surface area contributed by atoms with Gasteiger partial charge in [-0.05, 0) is 26.4 Å². The molecule has 1 atom stereocenters. The van der Waals surface area contributed by atoms with Crippen LogP contribution in [0, 0.1) is 5.92 Å². The second kappa shape index (κ2) is 8.38. The molecule has 21 heavy (non-hydrogen) atoms. The van der Waals surface area contributed by atoms with Gasteiger partial charge in [0.25, 0.3) is 0 Å². The molecule has 1 rings (SSSR count). The van der Waals surface area contributed by atoms with Crippen LogP contribution in [0.1, 0.15) is 39.1 Å². The van der Waals surface area contributed by atoms with Gasteiger partial charge in [0, 0.05) is 13.0 Å². The smallest absolute Gasteiger partial charge is 0.313 e. The molecule has 0 fully saturated rings. The van der Waals surface area contributed by atoms with E-state index in [0.717, 1.165) is 25.2 Å². The molecule has 0 spiro atoms. The standard InChI is InChI=1S/C14H26N4O2S/c1-6-12-15-16-14(21-9-13(19)20)18(12)11(7-10(2)3)8-17(4)5/h10-11H,6-9H2,1-5H3,(H,19,20). The first-order valence-corrected chi connectivity index (χ1v) is 8.26. The highest BCUT2D eigenvalue weighted by Crippen LogP contribution is 2.27. The highest BCUT2D eigenvalue weighted by atomic mass is 32.2. The monoisotopic (exact) mass is 314 g/mol. The summed E-state index contributed by atoms with van der Waals surface area (Å²) in [5.41, 5.74) is 0. The van der Waals surface area contributed by atoms with E-state index in [-0.39, 0.29) is 11.8 Å². The molecule has 1 aromatic rings. The van der Waals surface area contributed by atoms with Gasteiger partial charge in [-0.2, -0.15) is 0 Å². The van der Waals surface area contributed by atoms with E-state index in [4.69, 9.17) is 5.11 Å². The molecule has 1 N–H and O–H groups in total. The summed E-state index contributed by atoms with van der Waals surface area (Å²) in [5, 5.41) is 18.0. The first-order valence-electron chi connectivity index (χ1n) is 7.28. The molecule has 0 saturated heterocycles. The molecule has 0 aliphatic rings. The molecule has 1 aromatic heterocycles. The Kier molecular flexibility index (Phi) is 7.17. The molecule has 0 amide bonds. The zero-order chi connectivity index (χ0) is 16.0. The van der Waals surface area contributed by atoms with Gasteiger partial charge in [-0.3, -0.25) is 4.79 Å². The van der Waals surface area contributed by atoms with Crippen LogP contribution in [0.2, 0.25) is 0 Å². The molecule has 7 heteroatoms. The van der Waals surface area contributed by atoms with Crippen LogP contribution in [-0.2, 0) is 11.2 Å². The summed E-state index contributed by atoms with van der Waals surface area (Å²) in [7, 11) is 4.10. The molecule has 6 nitrogen and oxygen atoms in total. The van der Waals surface area contributed by atoms with Crippen molar-refractivity contribution in [2.24, 2.45) is 5.92 Å². The van der Waals surface area contributed by atoms with Crippen molar-refractivity contribution >= 4 is 17.7 Å². The Bertz CT molecular complexity index is 450. The predicted molar refractivity (Wildman–Crippen MR) is 84.8 cm³/mol. The van der Waals surface area contributed by atoms with Gasteiger partial charge in [0.1, 0.15) is 5.82 Å². The third-order valence-electron chi connectivity index (χ3n) is 3.06. The van der Waals surface area contributed by atoms with E-state index in [1.165, 1.54) is 11.8 Å². The molecular weight excluding hydrogens is 288 g/mol. The fraction of sp³-hybridized carbons (Fsp3) is 0.786. The summed E-state index contributed by atoms with van der Waals surface area (Å²) >= 11 is 1.25. The van der Waals surface area contributed by atoms with E-state index in [1.54, 1.807) is 0 Å². The Morgan fingerprint density at radius 3 is 2.52 bits per heavy atom. The van der Waals surface area contributed by atoms with Crippen molar-refractivity contribution in [1.82, 2.24) is 19.7 Å². The minimum absolute atomic E-state index is 0.0121. The van der Waals surface area contributed by atoms with Crippen LogP contribution in [0.4, 0.5) is 0 Å². The van der Waals surface area contributed by atoms with Gasteiger partial charge in [0.15, 0.2) is 5.16 Å². The number of hydrogen-bond acceptors (Lipinski definition) is 5. The fourth-order valence-corrected chi connectivity index (χ4v) is 3.11. The topological polar surface area (TPSA) is 71.2 Å². The van der Waals surface area contributed by atoms with E-state index >= 15 is 0 Å². The maximum atomic E-state index is 10.8. The lowest BCUT2D eigenvalue weighted by molar-refractivity contribution is -0.133. The summed E-state index contributed by atoms with van der Waals surface area (Å²) < 4.78 is 2.13. The molecular formula is C14H26N4O2S. The normalized spacial score (nSPS) is 13.1. The third-order valence-corrected chi connectivity index (χ3v) is 3.99. The molecule has 0 aromatic carbocycles. The van der Waals surface area contributed by atoms with Crippen LogP contribution in [0.5, 0.6) is 0 Å². The van der Waals surface area contributed by atoms with Gasteiger partial charge in [-0.25, -0.2) is 0 Å². The molecule has 1 heterocycles. The van der Waals surface area contributed by atoms with Crippen molar-refractivity contribution in [1.29, 1.82) is 0 Å². The first-order chi connectivity index (χ1) is 9.85. The second-order valence-electron chi connectivity index (χ2n) is 5.85. The van der Waals surface area contributed by atoms with E-state index in [2.05, 4.69) is 33.5 Å². The van der Waals surface area contributed by atoms with Gasteiger partial charge in [0.2, 0.25) is 0 Å². The Morgan fingerprint density at radius 2 is 2.05 bits per heavy atom. The van der Waals surface area contributed by atoms with Crippen molar-refractivity contribution in [2.45, 2.75) is 44.8 Å². The van der Waals surface area contributed by atoms with Gasteiger partial charge >= 0.3 is 5.97 Å². The highest BCUT2D eigenvalue weighted by Gasteiger charge is 2.22. The Labute approximate surface area is 130 Å². The number of carboxylic acids is 1. The average molecular weight is 314 g/mol. The van der Waals surface area contributed by atoms with E-state index < -0.39 is 5.97 Å². The molecule has 0 saturated carbocycles. The summed E-state index contributed by atoms with van der Waals surface area (Å²) in [4.78, 5) is 13.0. The van der Waals surface area contributed by atoms with Crippen molar-refractivity contribution in [3.63, 3.8) is 0 Å². The van der Waals surface area contributed by atoms with Crippen LogP contribution < -0.4 is 0 Å². The van der Waals surface area contributed by atoms with Gasteiger partial charge in [-0.15, -0.1) is 10.2 Å². The largest absolute Gasteiger partial charge is 0.481 e. The van der Waals surface area contributed by atoms with Crippen molar-refractivity contribution in [3.8, 4) is 0 Å². The minimum atomic E-state index is -0.833. The molecule has 0 bridgehead atoms. The number of likely N-dealkylation sites (N-methyl/N-ethyl adjacent to an activating group) is 1. The number of thioether (sulfide) groups is 1. The predicted octanol–water partition coefficient (Wildman–Crippen LogP) is 2.17. The average Bonchev–Trinajstić information content (AvgIpc) is 2.77. The first kappa shape index (κ1) is 18.0. The van der Waals surface area contributed by atoms with Gasteiger partial charge < -0.3 is 14.6 Å². The Balaban J connectivity index is 3.07. The van der Waals surface area contributed by atoms with Crippen LogP contribution in [0.3, 0.4) is 0 Å². The van der Waals surface area contributed by atoms with Gasteiger partial charge in [-0.1, -0.05) is 32.5 Å². The maximum Gasteiger partial charge on any atom is 0.313 e. The highest BCUT2D eigenvalue weighted by molar-refractivity contribution is 7.99. The Hall–Kier alpha value is -1.08. The van der Waals surface area contributed by atoms with Crippen molar-refractivity contribution < 1.29 is 9.90 Å². The lowest BCUT2D eigenvalue weighted by atomic mass is 10.0. The van der Waals surface area contributed by atoms with Gasteiger partial charge in [0.05, 0.1) is 11.8 Å². The number of nitrogens with zero attached hydrogens (tertiary/aromatic N) is 4. The summed E-state index contributed by atoms with van der Waals surface area (Å²) in [5.74, 6) is 0.661. The SMILES string of the molecule is CCc1nnc(SCC(=O)O)n1C(CC(C)C)CN(C)C. The quantitative estimate of drug-likeness (QED) is 0.704. The molecule has 120 valence electrons. The number of hydrogen-bond donors (Lipinski definition) is 1. The lowest BCUT2D eigenvalue weighted by Gasteiger charge is -2.26. The number of aryl methyl sites for hydroxylation is 1. The van der Waals surface area contributed by atoms with E-state index in [1.807, 2.05) is 21.0 Å². The number of rotatable bonds is 9. The van der Waals surface area contributed by atoms with E-state index in [9.17, 15) is 4.79 Å². The van der Waals surface area contributed by atoms with E-state index in [0.29, 0.717) is 11.1 Å². The number of aliphatic carboxylic acids is 1. The molecule has 0 aliphatic carbocycles. The third kappa shape index (κ3) is 5.67. The van der Waals surface area contributed by atoms with Crippen LogP contribution in [0.25, 0.3) is 0 Å². The minimum Gasteiger partial charge on any atom is -0.481 e. The van der Waals surface area contributed by atoms with Crippen molar-refractivity contribution in [2.75, 3.05) is 26.4 Å².